The van der Waals surface area contributed by atoms with Crippen molar-refractivity contribution in [1.29, 1.82) is 0 Å². The predicted molar refractivity (Wildman–Crippen MR) is 95.9 cm³/mol. The van der Waals surface area contributed by atoms with Crippen LogP contribution in [0.5, 0.6) is 11.5 Å². The van der Waals surface area contributed by atoms with Crippen molar-refractivity contribution in [3.8, 4) is 11.5 Å². The summed E-state index contributed by atoms with van der Waals surface area (Å²) in [6.45, 7) is 3.12. The first kappa shape index (κ1) is 18.0. The molecule has 5 nitrogen and oxygen atoms in total. The molecule has 2 aromatic rings. The van der Waals surface area contributed by atoms with E-state index in [1.807, 2.05) is 12.1 Å². The summed E-state index contributed by atoms with van der Waals surface area (Å²) in [6, 6.07) is 12.1. The topological polar surface area (TPSA) is 64.6 Å². The van der Waals surface area contributed by atoms with Gasteiger partial charge in [-0.25, -0.2) is 0 Å². The maximum Gasteiger partial charge on any atom is 0.265 e. The standard InChI is InChI=1S/C18H18BrNO4/c1-11(21)13-4-9-16(17(10-13)23-3)24-12(2)18(22)20-15-7-5-14(19)6-8-15/h4-10,12H,1-3H3,(H,20,22)/t12-/m0/s1. The van der Waals surface area contributed by atoms with E-state index in [0.29, 0.717) is 22.7 Å². The van der Waals surface area contributed by atoms with Crippen LogP contribution in [-0.2, 0) is 4.79 Å². The average molecular weight is 392 g/mol. The van der Waals surface area contributed by atoms with E-state index in [9.17, 15) is 9.59 Å². The number of amides is 1. The summed E-state index contributed by atoms with van der Waals surface area (Å²) in [6.07, 6.45) is -0.731. The number of methoxy groups -OCH3 is 1. The molecule has 0 aromatic heterocycles. The zero-order chi connectivity index (χ0) is 17.7. The third-order valence-electron chi connectivity index (χ3n) is 3.35. The second-order valence-corrected chi connectivity index (χ2v) is 6.09. The number of ketones is 1. The summed E-state index contributed by atoms with van der Waals surface area (Å²) in [5.74, 6) is 0.461. The number of halogens is 1. The lowest BCUT2D eigenvalue weighted by atomic mass is 10.1. The van der Waals surface area contributed by atoms with Gasteiger partial charge in [0.2, 0.25) is 0 Å². The Morgan fingerprint density at radius 2 is 1.75 bits per heavy atom. The maximum atomic E-state index is 12.2. The summed E-state index contributed by atoms with van der Waals surface area (Å²) in [5.41, 5.74) is 1.20. The summed E-state index contributed by atoms with van der Waals surface area (Å²) >= 11 is 3.34. The number of carbonyl (C=O) groups is 2. The summed E-state index contributed by atoms with van der Waals surface area (Å²) < 4.78 is 11.8. The number of hydrogen-bond donors (Lipinski definition) is 1. The number of ether oxygens (including phenoxy) is 2. The molecule has 0 aliphatic carbocycles. The fourth-order valence-corrected chi connectivity index (χ4v) is 2.27. The third-order valence-corrected chi connectivity index (χ3v) is 3.88. The van der Waals surface area contributed by atoms with Crippen LogP contribution in [0.4, 0.5) is 5.69 Å². The van der Waals surface area contributed by atoms with Gasteiger partial charge in [-0.2, -0.15) is 0 Å². The molecule has 24 heavy (non-hydrogen) atoms. The molecule has 0 aliphatic heterocycles. The van der Waals surface area contributed by atoms with Gasteiger partial charge in [-0.1, -0.05) is 15.9 Å². The highest BCUT2D eigenvalue weighted by molar-refractivity contribution is 9.10. The highest BCUT2D eigenvalue weighted by atomic mass is 79.9. The van der Waals surface area contributed by atoms with Gasteiger partial charge >= 0.3 is 0 Å². The Morgan fingerprint density at radius 1 is 1.08 bits per heavy atom. The van der Waals surface area contributed by atoms with E-state index in [2.05, 4.69) is 21.2 Å². The van der Waals surface area contributed by atoms with Gasteiger partial charge in [0.15, 0.2) is 23.4 Å². The van der Waals surface area contributed by atoms with Crippen LogP contribution in [0.3, 0.4) is 0 Å². The van der Waals surface area contributed by atoms with Crippen LogP contribution < -0.4 is 14.8 Å². The SMILES string of the molecule is COc1cc(C(C)=O)ccc1O[C@@H](C)C(=O)Nc1ccc(Br)cc1. The monoisotopic (exact) mass is 391 g/mol. The number of benzene rings is 2. The summed E-state index contributed by atoms with van der Waals surface area (Å²) in [5, 5.41) is 2.78. The van der Waals surface area contributed by atoms with Crippen LogP contribution in [0.25, 0.3) is 0 Å². The van der Waals surface area contributed by atoms with Crippen LogP contribution >= 0.6 is 15.9 Å². The lowest BCUT2D eigenvalue weighted by Crippen LogP contribution is -2.30. The Morgan fingerprint density at radius 3 is 2.33 bits per heavy atom. The first-order chi connectivity index (χ1) is 11.4. The van der Waals surface area contributed by atoms with Crippen molar-refractivity contribution in [3.05, 3.63) is 52.5 Å². The largest absolute Gasteiger partial charge is 0.493 e. The van der Waals surface area contributed by atoms with Gasteiger partial charge in [-0.15, -0.1) is 0 Å². The highest BCUT2D eigenvalue weighted by Gasteiger charge is 2.18. The van der Waals surface area contributed by atoms with Crippen molar-refractivity contribution in [3.63, 3.8) is 0 Å². The number of carbonyl (C=O) groups excluding carboxylic acids is 2. The van der Waals surface area contributed by atoms with Crippen LogP contribution in [-0.4, -0.2) is 24.9 Å². The number of Topliss-reactive ketones (excluding diaryl/α,β-unsaturated/α-hetero) is 1. The van der Waals surface area contributed by atoms with Crippen molar-refractivity contribution in [2.24, 2.45) is 0 Å². The van der Waals surface area contributed by atoms with Gasteiger partial charge in [0.05, 0.1) is 7.11 Å². The van der Waals surface area contributed by atoms with Crippen molar-refractivity contribution in [2.75, 3.05) is 12.4 Å². The summed E-state index contributed by atoms with van der Waals surface area (Å²) in [4.78, 5) is 23.7. The number of nitrogens with one attached hydrogen (secondary N) is 1. The molecule has 0 heterocycles. The Hall–Kier alpha value is -2.34. The molecular formula is C18H18BrNO4. The maximum absolute atomic E-state index is 12.2. The van der Waals surface area contributed by atoms with Gasteiger partial charge in [0.25, 0.3) is 5.91 Å². The van der Waals surface area contributed by atoms with Crippen molar-refractivity contribution < 1.29 is 19.1 Å². The zero-order valence-corrected chi connectivity index (χ0v) is 15.2. The van der Waals surface area contributed by atoms with E-state index >= 15 is 0 Å². The van der Waals surface area contributed by atoms with Crippen molar-refractivity contribution >= 4 is 33.3 Å². The average Bonchev–Trinajstić information content (AvgIpc) is 2.56. The summed E-state index contributed by atoms with van der Waals surface area (Å²) in [7, 11) is 1.48. The first-order valence-electron chi connectivity index (χ1n) is 7.32. The molecule has 2 rings (SSSR count). The molecular weight excluding hydrogens is 374 g/mol. The van der Waals surface area contributed by atoms with Crippen LogP contribution in [0.1, 0.15) is 24.2 Å². The molecule has 2 aromatic carbocycles. The molecule has 6 heteroatoms. The zero-order valence-electron chi connectivity index (χ0n) is 13.6. The third kappa shape index (κ3) is 4.58. The second-order valence-electron chi connectivity index (χ2n) is 5.18. The van der Waals surface area contributed by atoms with Gasteiger partial charge in [-0.05, 0) is 56.3 Å². The lowest BCUT2D eigenvalue weighted by Gasteiger charge is -2.17. The van der Waals surface area contributed by atoms with Crippen molar-refractivity contribution in [1.82, 2.24) is 0 Å². The molecule has 126 valence electrons. The van der Waals surface area contributed by atoms with E-state index in [1.165, 1.54) is 14.0 Å². The van der Waals surface area contributed by atoms with Crippen LogP contribution in [0, 0.1) is 0 Å². The molecule has 0 saturated carbocycles. The highest BCUT2D eigenvalue weighted by Crippen LogP contribution is 2.29. The van der Waals surface area contributed by atoms with Crippen molar-refractivity contribution in [2.45, 2.75) is 20.0 Å². The molecule has 1 N–H and O–H groups in total. The Bertz CT molecular complexity index is 743. The second kappa shape index (κ2) is 7.97. The van der Waals surface area contributed by atoms with E-state index in [0.717, 1.165) is 4.47 Å². The fraction of sp³-hybridized carbons (Fsp3) is 0.222. The number of rotatable bonds is 6. The van der Waals surface area contributed by atoms with E-state index in [1.54, 1.807) is 37.3 Å². The minimum atomic E-state index is -0.731. The van der Waals surface area contributed by atoms with Gasteiger partial charge in [-0.3, -0.25) is 9.59 Å². The van der Waals surface area contributed by atoms with Crippen LogP contribution in [0.2, 0.25) is 0 Å². The Kier molecular flexibility index (Phi) is 5.98. The Labute approximate surface area is 149 Å². The molecule has 0 bridgehead atoms. The molecule has 0 aliphatic rings. The molecule has 0 fully saturated rings. The first-order valence-corrected chi connectivity index (χ1v) is 8.12. The van der Waals surface area contributed by atoms with E-state index in [-0.39, 0.29) is 11.7 Å². The number of hydrogen-bond acceptors (Lipinski definition) is 4. The molecule has 0 radical (unpaired) electrons. The van der Waals surface area contributed by atoms with Crippen LogP contribution in [0.15, 0.2) is 46.9 Å². The van der Waals surface area contributed by atoms with Gasteiger partial charge < -0.3 is 14.8 Å². The molecule has 1 amide bonds. The van der Waals surface area contributed by atoms with Gasteiger partial charge in [0.1, 0.15) is 0 Å². The minimum Gasteiger partial charge on any atom is -0.493 e. The Balaban J connectivity index is 2.08. The van der Waals surface area contributed by atoms with E-state index in [4.69, 9.17) is 9.47 Å². The smallest absolute Gasteiger partial charge is 0.265 e. The quantitative estimate of drug-likeness (QED) is 0.753. The fourth-order valence-electron chi connectivity index (χ4n) is 2.01. The number of anilines is 1. The molecule has 0 spiro atoms. The normalized spacial score (nSPS) is 11.5. The predicted octanol–water partition coefficient (Wildman–Crippen LogP) is 4.07. The minimum absolute atomic E-state index is 0.0686. The molecule has 1 atom stereocenters. The molecule has 0 unspecified atom stereocenters. The lowest BCUT2D eigenvalue weighted by molar-refractivity contribution is -0.122. The molecule has 0 saturated heterocycles. The van der Waals surface area contributed by atoms with E-state index < -0.39 is 6.10 Å². The van der Waals surface area contributed by atoms with Gasteiger partial charge in [0, 0.05) is 15.7 Å².